The molecule has 1 aliphatic rings. The maximum absolute atomic E-state index is 6.46. The average Bonchev–Trinajstić information content (AvgIpc) is 2.34. The average molecular weight is 289 g/mol. The summed E-state index contributed by atoms with van der Waals surface area (Å²) in [5.41, 5.74) is 9.05. The van der Waals surface area contributed by atoms with Crippen LogP contribution in [0.5, 0.6) is 0 Å². The number of hydrogen-bond acceptors (Lipinski definition) is 2. The molecule has 2 N–H and O–H groups in total. The van der Waals surface area contributed by atoms with Gasteiger partial charge in [-0.15, -0.1) is 0 Å². The van der Waals surface area contributed by atoms with Crippen molar-refractivity contribution in [1.29, 1.82) is 0 Å². The van der Waals surface area contributed by atoms with E-state index in [4.69, 9.17) is 10.5 Å². The van der Waals surface area contributed by atoms with Gasteiger partial charge in [0.15, 0.2) is 0 Å². The SMILES string of the molecule is Cc1ccc(C(OC2CC(C)CC(C)(C)C2)C(C)N)cc1. The number of ether oxygens (including phenoxy) is 1. The second kappa shape index (κ2) is 6.50. The van der Waals surface area contributed by atoms with Gasteiger partial charge in [0, 0.05) is 6.04 Å². The number of benzene rings is 1. The molecule has 0 aliphatic heterocycles. The van der Waals surface area contributed by atoms with Crippen molar-refractivity contribution >= 4 is 0 Å². The molecule has 4 atom stereocenters. The van der Waals surface area contributed by atoms with Crippen LogP contribution in [0.15, 0.2) is 24.3 Å². The van der Waals surface area contributed by atoms with Crippen molar-refractivity contribution in [2.45, 2.75) is 72.1 Å². The van der Waals surface area contributed by atoms with E-state index in [2.05, 4.69) is 52.0 Å². The zero-order valence-electron chi connectivity index (χ0n) is 14.2. The Hall–Kier alpha value is -0.860. The summed E-state index contributed by atoms with van der Waals surface area (Å²) in [5, 5.41) is 0. The first-order valence-electron chi connectivity index (χ1n) is 8.24. The smallest absolute Gasteiger partial charge is 0.0976 e. The molecule has 2 rings (SSSR count). The van der Waals surface area contributed by atoms with E-state index in [1.165, 1.54) is 17.5 Å². The lowest BCUT2D eigenvalue weighted by atomic mass is 9.71. The first kappa shape index (κ1) is 16.5. The minimum atomic E-state index is -0.00306. The highest BCUT2D eigenvalue weighted by atomic mass is 16.5. The van der Waals surface area contributed by atoms with Crippen LogP contribution in [0, 0.1) is 18.3 Å². The third-order valence-corrected chi connectivity index (χ3v) is 4.57. The Morgan fingerprint density at radius 1 is 1.19 bits per heavy atom. The van der Waals surface area contributed by atoms with E-state index in [1.807, 2.05) is 6.92 Å². The van der Waals surface area contributed by atoms with E-state index < -0.39 is 0 Å². The molecule has 1 aromatic rings. The van der Waals surface area contributed by atoms with Gasteiger partial charge in [0.2, 0.25) is 0 Å². The van der Waals surface area contributed by atoms with Crippen LogP contribution in [0.25, 0.3) is 0 Å². The van der Waals surface area contributed by atoms with E-state index in [-0.39, 0.29) is 12.1 Å². The Balaban J connectivity index is 2.11. The molecule has 118 valence electrons. The third-order valence-electron chi connectivity index (χ3n) is 4.57. The Morgan fingerprint density at radius 3 is 2.33 bits per heavy atom. The first-order valence-corrected chi connectivity index (χ1v) is 8.24. The van der Waals surface area contributed by atoms with Crippen molar-refractivity contribution in [1.82, 2.24) is 0 Å². The van der Waals surface area contributed by atoms with Gasteiger partial charge in [-0.2, -0.15) is 0 Å². The number of aryl methyl sites for hydroxylation is 1. The van der Waals surface area contributed by atoms with Crippen LogP contribution in [0.1, 0.15) is 64.2 Å². The van der Waals surface area contributed by atoms with Crippen LogP contribution < -0.4 is 5.73 Å². The molecule has 21 heavy (non-hydrogen) atoms. The van der Waals surface area contributed by atoms with Crippen LogP contribution in [0.2, 0.25) is 0 Å². The van der Waals surface area contributed by atoms with Crippen molar-refractivity contribution in [3.63, 3.8) is 0 Å². The van der Waals surface area contributed by atoms with Gasteiger partial charge in [-0.05, 0) is 50.0 Å². The molecule has 1 aromatic carbocycles. The molecule has 2 nitrogen and oxygen atoms in total. The van der Waals surface area contributed by atoms with Crippen LogP contribution in [0.4, 0.5) is 0 Å². The lowest BCUT2D eigenvalue weighted by Gasteiger charge is -2.40. The lowest BCUT2D eigenvalue weighted by Crippen LogP contribution is -2.37. The fraction of sp³-hybridized carbons (Fsp3) is 0.684. The molecule has 2 heteroatoms. The van der Waals surface area contributed by atoms with Crippen LogP contribution in [0.3, 0.4) is 0 Å². The van der Waals surface area contributed by atoms with Crippen molar-refractivity contribution < 1.29 is 4.74 Å². The first-order chi connectivity index (χ1) is 9.77. The summed E-state index contributed by atoms with van der Waals surface area (Å²) < 4.78 is 6.46. The zero-order chi connectivity index (χ0) is 15.6. The zero-order valence-corrected chi connectivity index (χ0v) is 14.2. The van der Waals surface area contributed by atoms with Gasteiger partial charge in [-0.25, -0.2) is 0 Å². The van der Waals surface area contributed by atoms with Gasteiger partial charge in [0.25, 0.3) is 0 Å². The fourth-order valence-electron chi connectivity index (χ4n) is 3.83. The summed E-state index contributed by atoms with van der Waals surface area (Å²) in [4.78, 5) is 0. The maximum Gasteiger partial charge on any atom is 0.0976 e. The van der Waals surface area contributed by atoms with Gasteiger partial charge in [0.05, 0.1) is 12.2 Å². The quantitative estimate of drug-likeness (QED) is 0.878. The molecule has 0 radical (unpaired) electrons. The highest BCUT2D eigenvalue weighted by Gasteiger charge is 2.34. The molecular formula is C19H31NO. The summed E-state index contributed by atoms with van der Waals surface area (Å²) in [6.07, 6.45) is 3.89. The lowest BCUT2D eigenvalue weighted by molar-refractivity contribution is -0.0738. The Bertz CT molecular complexity index is 449. The summed E-state index contributed by atoms with van der Waals surface area (Å²) in [6.45, 7) is 11.2. The molecule has 0 aromatic heterocycles. The number of hydrogen-bond donors (Lipinski definition) is 1. The van der Waals surface area contributed by atoms with E-state index >= 15 is 0 Å². The maximum atomic E-state index is 6.46. The van der Waals surface area contributed by atoms with Crippen molar-refractivity contribution in [2.24, 2.45) is 17.1 Å². The summed E-state index contributed by atoms with van der Waals surface area (Å²) in [5.74, 6) is 0.727. The van der Waals surface area contributed by atoms with Crippen molar-refractivity contribution in [3.05, 3.63) is 35.4 Å². The van der Waals surface area contributed by atoms with Crippen LogP contribution >= 0.6 is 0 Å². The number of rotatable bonds is 4. The van der Waals surface area contributed by atoms with Gasteiger partial charge < -0.3 is 10.5 Å². The molecule has 1 aliphatic carbocycles. The van der Waals surface area contributed by atoms with Gasteiger partial charge in [-0.1, -0.05) is 50.6 Å². The molecule has 4 unspecified atom stereocenters. The summed E-state index contributed by atoms with van der Waals surface area (Å²) in [7, 11) is 0. The molecule has 1 saturated carbocycles. The van der Waals surface area contributed by atoms with E-state index in [9.17, 15) is 0 Å². The van der Waals surface area contributed by atoms with Crippen LogP contribution in [-0.4, -0.2) is 12.1 Å². The minimum Gasteiger partial charge on any atom is -0.369 e. The van der Waals surface area contributed by atoms with Gasteiger partial charge in [-0.3, -0.25) is 0 Å². The molecule has 0 amide bonds. The largest absolute Gasteiger partial charge is 0.369 e. The number of nitrogens with two attached hydrogens (primary N) is 1. The molecule has 0 heterocycles. The Kier molecular flexibility index (Phi) is 5.11. The van der Waals surface area contributed by atoms with Gasteiger partial charge in [0.1, 0.15) is 0 Å². The molecule has 1 fully saturated rings. The van der Waals surface area contributed by atoms with E-state index in [1.54, 1.807) is 0 Å². The topological polar surface area (TPSA) is 35.2 Å². The highest BCUT2D eigenvalue weighted by Crippen LogP contribution is 2.41. The predicted molar refractivity (Wildman–Crippen MR) is 89.2 cm³/mol. The van der Waals surface area contributed by atoms with E-state index in [0.717, 1.165) is 18.8 Å². The summed E-state index contributed by atoms with van der Waals surface area (Å²) >= 11 is 0. The second-order valence-electron chi connectivity index (χ2n) is 7.86. The molecule has 0 bridgehead atoms. The van der Waals surface area contributed by atoms with E-state index in [0.29, 0.717) is 11.5 Å². The van der Waals surface area contributed by atoms with Crippen molar-refractivity contribution in [3.8, 4) is 0 Å². The Morgan fingerprint density at radius 2 is 1.81 bits per heavy atom. The summed E-state index contributed by atoms with van der Waals surface area (Å²) in [6, 6.07) is 8.60. The van der Waals surface area contributed by atoms with Gasteiger partial charge >= 0.3 is 0 Å². The van der Waals surface area contributed by atoms with Crippen LogP contribution in [-0.2, 0) is 4.74 Å². The standard InChI is InChI=1S/C19H31NO/c1-13-6-8-16(9-7-13)18(15(3)20)21-17-10-14(2)11-19(4,5)12-17/h6-9,14-15,17-18H,10-12,20H2,1-5H3. The second-order valence-corrected chi connectivity index (χ2v) is 7.86. The molecule has 0 spiro atoms. The Labute approximate surface area is 130 Å². The molecular weight excluding hydrogens is 258 g/mol. The molecule has 0 saturated heterocycles. The highest BCUT2D eigenvalue weighted by molar-refractivity contribution is 5.24. The fourth-order valence-corrected chi connectivity index (χ4v) is 3.83. The predicted octanol–water partition coefficient (Wildman–Crippen LogP) is 4.61. The van der Waals surface area contributed by atoms with Crippen molar-refractivity contribution in [2.75, 3.05) is 0 Å². The minimum absolute atomic E-state index is 0.00306. The normalized spacial score (nSPS) is 28.1. The third kappa shape index (κ3) is 4.55. The monoisotopic (exact) mass is 289 g/mol.